The van der Waals surface area contributed by atoms with Crippen LogP contribution in [0.1, 0.15) is 15.9 Å². The predicted octanol–water partition coefficient (Wildman–Crippen LogP) is 4.56. The number of benzene rings is 2. The molecule has 21 heavy (non-hydrogen) atoms. The van der Waals surface area contributed by atoms with Crippen molar-refractivity contribution in [2.75, 3.05) is 0 Å². The first-order valence-electron chi connectivity index (χ1n) is 6.46. The molecule has 3 rings (SSSR count). The Balaban J connectivity index is 2.38. The van der Waals surface area contributed by atoms with E-state index >= 15 is 0 Å². The highest BCUT2D eigenvalue weighted by Gasteiger charge is 2.15. The predicted molar refractivity (Wildman–Crippen MR) is 83.9 cm³/mol. The fourth-order valence-corrected chi connectivity index (χ4v) is 2.61. The standard InChI is InChI=1S/C17H12ClNO2/c1-10-5-2-3-6-11(10)15-9-13(17(20)21)12-7-4-8-14(18)16(12)19-15/h2-9H,1H3,(H,20,21). The first-order chi connectivity index (χ1) is 10.1. The normalized spacial score (nSPS) is 10.8. The Morgan fingerprint density at radius 2 is 1.90 bits per heavy atom. The number of aromatic nitrogens is 1. The summed E-state index contributed by atoms with van der Waals surface area (Å²) >= 11 is 6.18. The van der Waals surface area contributed by atoms with E-state index in [0.29, 0.717) is 21.6 Å². The summed E-state index contributed by atoms with van der Waals surface area (Å²) in [7, 11) is 0. The SMILES string of the molecule is Cc1ccccc1-c1cc(C(=O)O)c2cccc(Cl)c2n1. The molecule has 0 amide bonds. The van der Waals surface area contributed by atoms with Crippen LogP contribution in [0.4, 0.5) is 0 Å². The fourth-order valence-electron chi connectivity index (χ4n) is 2.39. The minimum atomic E-state index is -0.987. The Hall–Kier alpha value is -2.39. The molecule has 0 saturated carbocycles. The molecule has 0 radical (unpaired) electrons. The lowest BCUT2D eigenvalue weighted by molar-refractivity contribution is 0.0699. The van der Waals surface area contributed by atoms with E-state index in [1.165, 1.54) is 0 Å². The van der Waals surface area contributed by atoms with Gasteiger partial charge in [0.1, 0.15) is 0 Å². The van der Waals surface area contributed by atoms with Gasteiger partial charge in [-0.1, -0.05) is 48.0 Å². The molecule has 1 aromatic heterocycles. The summed E-state index contributed by atoms with van der Waals surface area (Å²) in [5.74, 6) is -0.987. The minimum absolute atomic E-state index is 0.209. The van der Waals surface area contributed by atoms with Gasteiger partial charge in [0, 0.05) is 10.9 Å². The Morgan fingerprint density at radius 1 is 1.14 bits per heavy atom. The maximum absolute atomic E-state index is 11.5. The third-order valence-electron chi connectivity index (χ3n) is 3.44. The molecule has 0 saturated heterocycles. The number of carboxylic acid groups (broad SMARTS) is 1. The third kappa shape index (κ3) is 2.36. The van der Waals surface area contributed by atoms with E-state index in [-0.39, 0.29) is 5.56 Å². The molecule has 0 aliphatic carbocycles. The zero-order valence-electron chi connectivity index (χ0n) is 11.3. The second-order valence-corrected chi connectivity index (χ2v) is 5.22. The molecule has 0 bridgehead atoms. The maximum atomic E-state index is 11.5. The highest BCUT2D eigenvalue weighted by atomic mass is 35.5. The van der Waals surface area contributed by atoms with Crippen LogP contribution in [0.2, 0.25) is 5.02 Å². The Labute approximate surface area is 126 Å². The van der Waals surface area contributed by atoms with Crippen molar-refractivity contribution in [1.82, 2.24) is 4.98 Å². The molecule has 3 aromatic rings. The molecular weight excluding hydrogens is 286 g/mol. The lowest BCUT2D eigenvalue weighted by atomic mass is 10.0. The Bertz CT molecular complexity index is 859. The summed E-state index contributed by atoms with van der Waals surface area (Å²) in [6.07, 6.45) is 0. The van der Waals surface area contributed by atoms with Gasteiger partial charge in [-0.15, -0.1) is 0 Å². The first kappa shape index (κ1) is 13.6. The molecule has 1 heterocycles. The zero-order chi connectivity index (χ0) is 15.0. The number of para-hydroxylation sites is 1. The van der Waals surface area contributed by atoms with Crippen LogP contribution in [0, 0.1) is 6.92 Å². The number of hydrogen-bond acceptors (Lipinski definition) is 2. The summed E-state index contributed by atoms with van der Waals surface area (Å²) in [5.41, 5.74) is 3.28. The summed E-state index contributed by atoms with van der Waals surface area (Å²) in [6, 6.07) is 14.5. The average molecular weight is 298 g/mol. The van der Waals surface area contributed by atoms with Crippen LogP contribution >= 0.6 is 11.6 Å². The summed E-state index contributed by atoms with van der Waals surface area (Å²) in [4.78, 5) is 16.1. The average Bonchev–Trinajstić information content (AvgIpc) is 2.47. The largest absolute Gasteiger partial charge is 0.478 e. The number of rotatable bonds is 2. The van der Waals surface area contributed by atoms with E-state index in [1.807, 2.05) is 31.2 Å². The van der Waals surface area contributed by atoms with Gasteiger partial charge in [0.25, 0.3) is 0 Å². The third-order valence-corrected chi connectivity index (χ3v) is 3.75. The van der Waals surface area contributed by atoms with Gasteiger partial charge in [0.15, 0.2) is 0 Å². The highest BCUT2D eigenvalue weighted by Crippen LogP contribution is 2.30. The molecule has 0 aliphatic rings. The van der Waals surface area contributed by atoms with E-state index in [2.05, 4.69) is 4.98 Å². The van der Waals surface area contributed by atoms with Crippen LogP contribution in [-0.4, -0.2) is 16.1 Å². The fraction of sp³-hybridized carbons (Fsp3) is 0.0588. The maximum Gasteiger partial charge on any atom is 0.336 e. The molecule has 104 valence electrons. The molecule has 0 spiro atoms. The molecule has 3 nitrogen and oxygen atoms in total. The molecule has 2 aromatic carbocycles. The van der Waals surface area contributed by atoms with Crippen molar-refractivity contribution in [3.05, 3.63) is 64.7 Å². The van der Waals surface area contributed by atoms with Crippen molar-refractivity contribution in [1.29, 1.82) is 0 Å². The van der Waals surface area contributed by atoms with Crippen LogP contribution in [0.15, 0.2) is 48.5 Å². The lowest BCUT2D eigenvalue weighted by Crippen LogP contribution is -2.01. The molecule has 0 fully saturated rings. The van der Waals surface area contributed by atoms with Gasteiger partial charge in [-0.05, 0) is 24.6 Å². The number of aryl methyl sites for hydroxylation is 1. The summed E-state index contributed by atoms with van der Waals surface area (Å²) in [5, 5.41) is 10.4. The number of carbonyl (C=O) groups is 1. The quantitative estimate of drug-likeness (QED) is 0.754. The summed E-state index contributed by atoms with van der Waals surface area (Å²) in [6.45, 7) is 1.97. The number of pyridine rings is 1. The number of nitrogens with zero attached hydrogens (tertiary/aromatic N) is 1. The van der Waals surface area contributed by atoms with Crippen LogP contribution in [-0.2, 0) is 0 Å². The van der Waals surface area contributed by atoms with Crippen LogP contribution in [0.25, 0.3) is 22.2 Å². The topological polar surface area (TPSA) is 50.2 Å². The van der Waals surface area contributed by atoms with Crippen LogP contribution in [0.5, 0.6) is 0 Å². The Kier molecular flexibility index (Phi) is 3.35. The number of hydrogen-bond donors (Lipinski definition) is 1. The molecule has 4 heteroatoms. The second kappa shape index (κ2) is 5.19. The molecule has 0 unspecified atom stereocenters. The van der Waals surface area contributed by atoms with Crippen molar-refractivity contribution >= 4 is 28.5 Å². The monoisotopic (exact) mass is 297 g/mol. The molecular formula is C17H12ClNO2. The molecule has 0 aliphatic heterocycles. The lowest BCUT2D eigenvalue weighted by Gasteiger charge is -2.10. The Morgan fingerprint density at radius 3 is 2.62 bits per heavy atom. The van der Waals surface area contributed by atoms with E-state index in [4.69, 9.17) is 11.6 Å². The molecule has 1 N–H and O–H groups in total. The highest BCUT2D eigenvalue weighted by molar-refractivity contribution is 6.35. The van der Waals surface area contributed by atoms with Crippen molar-refractivity contribution in [3.8, 4) is 11.3 Å². The summed E-state index contributed by atoms with van der Waals surface area (Å²) < 4.78 is 0. The van der Waals surface area contributed by atoms with Gasteiger partial charge in [-0.3, -0.25) is 0 Å². The first-order valence-corrected chi connectivity index (χ1v) is 6.84. The molecule has 0 atom stereocenters. The van der Waals surface area contributed by atoms with E-state index in [9.17, 15) is 9.90 Å². The zero-order valence-corrected chi connectivity index (χ0v) is 12.1. The van der Waals surface area contributed by atoms with Gasteiger partial charge in [-0.25, -0.2) is 9.78 Å². The van der Waals surface area contributed by atoms with Crippen molar-refractivity contribution in [2.24, 2.45) is 0 Å². The number of halogens is 1. The smallest absolute Gasteiger partial charge is 0.336 e. The van der Waals surface area contributed by atoms with Gasteiger partial charge < -0.3 is 5.11 Å². The number of aromatic carboxylic acids is 1. The van der Waals surface area contributed by atoms with Gasteiger partial charge >= 0.3 is 5.97 Å². The van der Waals surface area contributed by atoms with Gasteiger partial charge in [0.05, 0.1) is 21.8 Å². The number of carboxylic acids is 1. The van der Waals surface area contributed by atoms with Gasteiger partial charge in [0.2, 0.25) is 0 Å². The van der Waals surface area contributed by atoms with Crippen LogP contribution in [0.3, 0.4) is 0 Å². The van der Waals surface area contributed by atoms with E-state index < -0.39 is 5.97 Å². The van der Waals surface area contributed by atoms with Crippen molar-refractivity contribution < 1.29 is 9.90 Å². The second-order valence-electron chi connectivity index (χ2n) is 4.81. The number of fused-ring (bicyclic) bond motifs is 1. The van der Waals surface area contributed by atoms with E-state index in [1.54, 1.807) is 24.3 Å². The van der Waals surface area contributed by atoms with Gasteiger partial charge in [-0.2, -0.15) is 0 Å². The van der Waals surface area contributed by atoms with Crippen LogP contribution < -0.4 is 0 Å². The van der Waals surface area contributed by atoms with Crippen molar-refractivity contribution in [2.45, 2.75) is 6.92 Å². The van der Waals surface area contributed by atoms with Crippen molar-refractivity contribution in [3.63, 3.8) is 0 Å². The minimum Gasteiger partial charge on any atom is -0.478 e. The van der Waals surface area contributed by atoms with E-state index in [0.717, 1.165) is 11.1 Å².